The first-order chi connectivity index (χ1) is 15.1. The van der Waals surface area contributed by atoms with Gasteiger partial charge in [-0.25, -0.2) is 4.79 Å². The zero-order chi connectivity index (χ0) is 22.3. The molecule has 2 aromatic rings. The summed E-state index contributed by atoms with van der Waals surface area (Å²) in [6.07, 6.45) is 0.348. The molecule has 2 rings (SSSR count). The molecular weight excluding hydrogens is 394 g/mol. The van der Waals surface area contributed by atoms with Crippen LogP contribution in [0.15, 0.2) is 54.6 Å². The zero-order valence-electron chi connectivity index (χ0n) is 18.4. The molecule has 168 valence electrons. The monoisotopic (exact) mass is 427 g/mol. The van der Waals surface area contributed by atoms with Crippen LogP contribution in [0.5, 0.6) is 5.75 Å². The smallest absolute Gasteiger partial charge is 0.407 e. The summed E-state index contributed by atoms with van der Waals surface area (Å²) in [5.74, 6) is 0.679. The second-order valence-corrected chi connectivity index (χ2v) is 7.04. The number of nitrogens with zero attached hydrogens (tertiary/aromatic N) is 1. The molecule has 0 aromatic heterocycles. The van der Waals surface area contributed by atoms with E-state index in [1.165, 1.54) is 0 Å². The molecule has 2 aromatic carbocycles. The number of benzene rings is 2. The van der Waals surface area contributed by atoms with Crippen LogP contribution >= 0.6 is 0 Å². The van der Waals surface area contributed by atoms with Crippen LogP contribution in [0.3, 0.4) is 0 Å². The van der Waals surface area contributed by atoms with Gasteiger partial charge in [0.25, 0.3) is 0 Å². The van der Waals surface area contributed by atoms with Gasteiger partial charge in [-0.1, -0.05) is 44.2 Å². The van der Waals surface area contributed by atoms with Crippen LogP contribution < -0.4 is 15.4 Å². The van der Waals surface area contributed by atoms with E-state index in [0.717, 1.165) is 36.6 Å². The van der Waals surface area contributed by atoms with E-state index in [2.05, 4.69) is 29.4 Å². The minimum Gasteiger partial charge on any atom is -0.492 e. The Balaban J connectivity index is 1.58. The summed E-state index contributed by atoms with van der Waals surface area (Å²) in [7, 11) is 0. The molecule has 0 spiro atoms. The molecule has 0 saturated heterocycles. The van der Waals surface area contributed by atoms with Crippen LogP contribution in [0.4, 0.5) is 10.5 Å². The van der Waals surface area contributed by atoms with Gasteiger partial charge < -0.3 is 25.0 Å². The van der Waals surface area contributed by atoms with Gasteiger partial charge in [-0.2, -0.15) is 0 Å². The highest BCUT2D eigenvalue weighted by atomic mass is 16.5. The van der Waals surface area contributed by atoms with Crippen molar-refractivity contribution < 1.29 is 19.1 Å². The highest BCUT2D eigenvalue weighted by molar-refractivity contribution is 5.90. The minimum absolute atomic E-state index is 0.102. The van der Waals surface area contributed by atoms with Gasteiger partial charge in [0.2, 0.25) is 5.91 Å². The van der Waals surface area contributed by atoms with E-state index in [1.54, 1.807) is 0 Å². The highest BCUT2D eigenvalue weighted by Crippen LogP contribution is 2.16. The number of nitrogens with one attached hydrogen (secondary N) is 2. The molecule has 0 saturated carbocycles. The van der Waals surface area contributed by atoms with Crippen molar-refractivity contribution in [3.63, 3.8) is 0 Å². The van der Waals surface area contributed by atoms with Crippen LogP contribution in [0.2, 0.25) is 0 Å². The molecule has 0 aliphatic rings. The first-order valence-corrected chi connectivity index (χ1v) is 10.8. The molecule has 0 bridgehead atoms. The Hall–Kier alpha value is -3.06. The SMILES string of the molecule is CCN(CC)CCOc1ccc(NC(=O)CCCNC(=O)OCc2ccccc2)cc1. The van der Waals surface area contributed by atoms with Crippen LogP contribution in [0.1, 0.15) is 32.3 Å². The maximum absolute atomic E-state index is 12.1. The van der Waals surface area contributed by atoms with Gasteiger partial charge in [0, 0.05) is 25.2 Å². The van der Waals surface area contributed by atoms with E-state index in [4.69, 9.17) is 9.47 Å². The molecule has 0 aliphatic carbocycles. The van der Waals surface area contributed by atoms with E-state index >= 15 is 0 Å². The summed E-state index contributed by atoms with van der Waals surface area (Å²) in [5.41, 5.74) is 1.65. The van der Waals surface area contributed by atoms with Gasteiger partial charge >= 0.3 is 6.09 Å². The van der Waals surface area contributed by atoms with E-state index < -0.39 is 6.09 Å². The lowest BCUT2D eigenvalue weighted by atomic mass is 10.2. The number of ether oxygens (including phenoxy) is 2. The summed E-state index contributed by atoms with van der Waals surface area (Å²) in [6.45, 7) is 8.41. The second-order valence-electron chi connectivity index (χ2n) is 7.04. The van der Waals surface area contributed by atoms with Crippen LogP contribution in [0.25, 0.3) is 0 Å². The lowest BCUT2D eigenvalue weighted by Gasteiger charge is -2.18. The fourth-order valence-electron chi connectivity index (χ4n) is 2.90. The molecule has 31 heavy (non-hydrogen) atoms. The summed E-state index contributed by atoms with van der Waals surface area (Å²) in [5, 5.41) is 5.50. The van der Waals surface area contributed by atoms with Crippen molar-refractivity contribution in [2.75, 3.05) is 38.1 Å². The number of likely N-dealkylation sites (N-methyl/N-ethyl adjacent to an activating group) is 1. The first-order valence-electron chi connectivity index (χ1n) is 10.8. The van der Waals surface area contributed by atoms with Crippen molar-refractivity contribution in [2.24, 2.45) is 0 Å². The molecule has 0 atom stereocenters. The average molecular weight is 428 g/mol. The van der Waals surface area contributed by atoms with Crippen LogP contribution in [0, 0.1) is 0 Å². The fraction of sp³-hybridized carbons (Fsp3) is 0.417. The zero-order valence-corrected chi connectivity index (χ0v) is 18.4. The van der Waals surface area contributed by atoms with Gasteiger partial charge in [-0.05, 0) is 49.3 Å². The molecule has 2 N–H and O–H groups in total. The Morgan fingerprint density at radius 1 is 0.968 bits per heavy atom. The molecule has 0 unspecified atom stereocenters. The lowest BCUT2D eigenvalue weighted by Crippen LogP contribution is -2.27. The average Bonchev–Trinajstić information content (AvgIpc) is 2.80. The maximum Gasteiger partial charge on any atom is 0.407 e. The van der Waals surface area contributed by atoms with Crippen molar-refractivity contribution in [3.8, 4) is 5.75 Å². The van der Waals surface area contributed by atoms with Crippen molar-refractivity contribution in [2.45, 2.75) is 33.3 Å². The van der Waals surface area contributed by atoms with Crippen LogP contribution in [-0.4, -0.2) is 49.7 Å². The summed E-state index contributed by atoms with van der Waals surface area (Å²) < 4.78 is 10.9. The van der Waals surface area contributed by atoms with Crippen molar-refractivity contribution in [1.29, 1.82) is 0 Å². The fourth-order valence-corrected chi connectivity index (χ4v) is 2.90. The third-order valence-corrected chi connectivity index (χ3v) is 4.77. The first kappa shape index (κ1) is 24.2. The van der Waals surface area contributed by atoms with Crippen molar-refractivity contribution in [3.05, 3.63) is 60.2 Å². The predicted octanol–water partition coefficient (Wildman–Crippen LogP) is 4.05. The van der Waals surface area contributed by atoms with Crippen LogP contribution in [-0.2, 0) is 16.1 Å². The van der Waals surface area contributed by atoms with Crippen molar-refractivity contribution in [1.82, 2.24) is 10.2 Å². The Morgan fingerprint density at radius 3 is 2.35 bits per heavy atom. The second kappa shape index (κ2) is 14.0. The summed E-state index contributed by atoms with van der Waals surface area (Å²) in [4.78, 5) is 26.1. The molecule has 7 heteroatoms. The molecule has 0 aliphatic heterocycles. The van der Waals surface area contributed by atoms with Gasteiger partial charge in [0.15, 0.2) is 0 Å². The molecule has 7 nitrogen and oxygen atoms in total. The minimum atomic E-state index is -0.485. The summed E-state index contributed by atoms with van der Waals surface area (Å²) >= 11 is 0. The number of hydrogen-bond donors (Lipinski definition) is 2. The Morgan fingerprint density at radius 2 is 1.68 bits per heavy atom. The predicted molar refractivity (Wildman–Crippen MR) is 122 cm³/mol. The molecular formula is C24H33N3O4. The van der Waals surface area contributed by atoms with Crippen molar-refractivity contribution >= 4 is 17.7 Å². The molecule has 0 radical (unpaired) electrons. The van der Waals surface area contributed by atoms with Gasteiger partial charge in [0.05, 0.1) is 0 Å². The third-order valence-electron chi connectivity index (χ3n) is 4.77. The topological polar surface area (TPSA) is 79.9 Å². The third kappa shape index (κ3) is 10.00. The Bertz CT molecular complexity index is 777. The number of carbonyl (C=O) groups is 2. The molecule has 0 fully saturated rings. The number of amides is 2. The van der Waals surface area contributed by atoms with Gasteiger partial charge in [-0.3, -0.25) is 4.79 Å². The van der Waals surface area contributed by atoms with E-state index in [9.17, 15) is 9.59 Å². The van der Waals surface area contributed by atoms with E-state index in [1.807, 2.05) is 54.6 Å². The maximum atomic E-state index is 12.1. The quantitative estimate of drug-likeness (QED) is 0.472. The van der Waals surface area contributed by atoms with E-state index in [-0.39, 0.29) is 12.5 Å². The highest BCUT2D eigenvalue weighted by Gasteiger charge is 2.06. The van der Waals surface area contributed by atoms with Gasteiger partial charge in [-0.15, -0.1) is 0 Å². The number of rotatable bonds is 13. The standard InChI is InChI=1S/C24H33N3O4/c1-3-27(4-2)17-18-30-22-14-12-21(13-15-22)26-23(28)11-8-16-25-24(29)31-19-20-9-6-5-7-10-20/h5-7,9-10,12-15H,3-4,8,11,16-19H2,1-2H3,(H,25,29)(H,26,28). The number of alkyl carbamates (subject to hydrolysis) is 1. The number of anilines is 1. The normalized spacial score (nSPS) is 10.5. The van der Waals surface area contributed by atoms with Gasteiger partial charge in [0.1, 0.15) is 19.0 Å². The molecule has 2 amide bonds. The summed E-state index contributed by atoms with van der Waals surface area (Å²) in [6, 6.07) is 16.8. The Labute approximate surface area is 184 Å². The Kier molecular flexibility index (Phi) is 11.0. The molecule has 0 heterocycles. The number of carbonyl (C=O) groups excluding carboxylic acids is 2. The number of hydrogen-bond acceptors (Lipinski definition) is 5. The van der Waals surface area contributed by atoms with E-state index in [0.29, 0.717) is 26.0 Å². The largest absolute Gasteiger partial charge is 0.492 e. The lowest BCUT2D eigenvalue weighted by molar-refractivity contribution is -0.116.